The minimum Gasteiger partial charge on any atom is -0.481 e. The minimum atomic E-state index is -0.928. The van der Waals surface area contributed by atoms with Gasteiger partial charge in [0.25, 0.3) is 0 Å². The lowest BCUT2D eigenvalue weighted by Crippen LogP contribution is -2.34. The topological polar surface area (TPSA) is 79.3 Å². The molecule has 0 unspecified atom stereocenters. The van der Waals surface area contributed by atoms with Crippen molar-refractivity contribution in [3.63, 3.8) is 0 Å². The number of carbonyl (C=O) groups excluding carboxylic acids is 1. The normalized spacial score (nSPS) is 13.1. The van der Waals surface area contributed by atoms with Gasteiger partial charge in [-0.25, -0.2) is 9.18 Å². The summed E-state index contributed by atoms with van der Waals surface area (Å²) >= 11 is 0. The summed E-state index contributed by atoms with van der Waals surface area (Å²) < 4.78 is 20.0. The highest BCUT2D eigenvalue weighted by Crippen LogP contribution is 2.37. The Bertz CT molecular complexity index is 1230. The van der Waals surface area contributed by atoms with Crippen molar-refractivity contribution in [3.05, 3.63) is 88.7 Å². The highest BCUT2D eigenvalue weighted by molar-refractivity contribution is 5.83. The number of halogens is 1. The largest absolute Gasteiger partial charge is 0.528 e. The van der Waals surface area contributed by atoms with E-state index >= 15 is 0 Å². The van der Waals surface area contributed by atoms with Crippen molar-refractivity contribution in [3.8, 4) is 11.1 Å². The Morgan fingerprint density at radius 2 is 1.77 bits per heavy atom. The fourth-order valence-electron chi connectivity index (χ4n) is 4.26. The van der Waals surface area contributed by atoms with Crippen LogP contribution in [0.3, 0.4) is 0 Å². The molecular weight excluding hydrogens is 451 g/mol. The molecule has 4 rings (SSSR count). The number of carbonyl (C=O) groups is 2. The van der Waals surface area contributed by atoms with Crippen LogP contribution in [0.15, 0.2) is 60.7 Å². The number of ether oxygens (including phenoxy) is 1. The first kappa shape index (κ1) is 24.2. The standard InChI is InChI=1S/C27H27FN2O5/c1-29(2)25-11-8-19(15-26(31)32)14-22(25)20-9-10-24(28)21-12-13-30(16-23(20)21)35-27(33)34-17-18-6-4-3-5-7-18/h3-11,14H,12-13,15-17H2,1-2H3,(H,31,32). The third-order valence-electron chi connectivity index (χ3n) is 5.91. The number of aliphatic carboxylic acids is 1. The molecule has 1 aliphatic heterocycles. The summed E-state index contributed by atoms with van der Waals surface area (Å²) in [6.45, 7) is 0.596. The lowest BCUT2D eigenvalue weighted by Gasteiger charge is -2.30. The fourth-order valence-corrected chi connectivity index (χ4v) is 4.26. The van der Waals surface area contributed by atoms with E-state index in [4.69, 9.17) is 9.57 Å². The van der Waals surface area contributed by atoms with Crippen molar-refractivity contribution < 1.29 is 28.7 Å². The average molecular weight is 479 g/mol. The van der Waals surface area contributed by atoms with E-state index in [1.165, 1.54) is 11.1 Å². The fraction of sp³-hybridized carbons (Fsp3) is 0.259. The van der Waals surface area contributed by atoms with Crippen LogP contribution in [-0.2, 0) is 40.4 Å². The van der Waals surface area contributed by atoms with E-state index in [1.54, 1.807) is 12.1 Å². The van der Waals surface area contributed by atoms with Crippen molar-refractivity contribution in [1.82, 2.24) is 5.06 Å². The summed E-state index contributed by atoms with van der Waals surface area (Å²) in [5.41, 5.74) is 5.17. The van der Waals surface area contributed by atoms with Crippen LogP contribution in [0.2, 0.25) is 0 Å². The molecule has 7 nitrogen and oxygen atoms in total. The summed E-state index contributed by atoms with van der Waals surface area (Å²) in [7, 11) is 3.79. The first-order chi connectivity index (χ1) is 16.8. The quantitative estimate of drug-likeness (QED) is 0.488. The number of benzene rings is 3. The van der Waals surface area contributed by atoms with Crippen LogP contribution in [0.25, 0.3) is 11.1 Å². The van der Waals surface area contributed by atoms with Gasteiger partial charge in [-0.2, -0.15) is 0 Å². The number of hydroxylamine groups is 2. The number of carboxylic acid groups (broad SMARTS) is 1. The Labute approximate surface area is 203 Å². The monoisotopic (exact) mass is 478 g/mol. The SMILES string of the molecule is CN(C)c1ccc(CC(=O)O)cc1-c1ccc(F)c2c1CN(OC(=O)OCc1ccccc1)CC2. The molecule has 1 N–H and O–H groups in total. The van der Waals surface area contributed by atoms with Crippen molar-refractivity contribution >= 4 is 17.8 Å². The van der Waals surface area contributed by atoms with Crippen LogP contribution in [-0.4, -0.2) is 42.9 Å². The van der Waals surface area contributed by atoms with Crippen molar-refractivity contribution in [2.75, 3.05) is 25.5 Å². The number of carboxylic acids is 1. The first-order valence-corrected chi connectivity index (χ1v) is 11.3. The molecule has 35 heavy (non-hydrogen) atoms. The van der Waals surface area contributed by atoms with Gasteiger partial charge in [-0.05, 0) is 52.4 Å². The molecule has 0 aromatic heterocycles. The van der Waals surface area contributed by atoms with Crippen molar-refractivity contribution in [2.24, 2.45) is 0 Å². The molecule has 3 aromatic rings. The number of hydrogen-bond acceptors (Lipinski definition) is 6. The van der Waals surface area contributed by atoms with Crippen LogP contribution in [0.5, 0.6) is 0 Å². The van der Waals surface area contributed by atoms with Gasteiger partial charge in [0.05, 0.1) is 13.0 Å². The first-order valence-electron chi connectivity index (χ1n) is 11.3. The summed E-state index contributed by atoms with van der Waals surface area (Å²) in [4.78, 5) is 30.9. The Balaban J connectivity index is 1.59. The maximum atomic E-state index is 14.7. The van der Waals surface area contributed by atoms with E-state index < -0.39 is 12.1 Å². The maximum absolute atomic E-state index is 14.7. The molecule has 0 fully saturated rings. The Hall–Kier alpha value is -3.91. The Kier molecular flexibility index (Phi) is 7.31. The second-order valence-electron chi connectivity index (χ2n) is 8.60. The lowest BCUT2D eigenvalue weighted by molar-refractivity contribution is -0.139. The number of nitrogens with zero attached hydrogens (tertiary/aromatic N) is 2. The van der Waals surface area contributed by atoms with Gasteiger partial charge in [0.2, 0.25) is 0 Å². The predicted octanol–water partition coefficient (Wildman–Crippen LogP) is 4.81. The molecule has 0 atom stereocenters. The van der Waals surface area contributed by atoms with Gasteiger partial charge >= 0.3 is 12.1 Å². The average Bonchev–Trinajstić information content (AvgIpc) is 2.83. The predicted molar refractivity (Wildman–Crippen MR) is 129 cm³/mol. The third kappa shape index (κ3) is 5.78. The summed E-state index contributed by atoms with van der Waals surface area (Å²) in [5.74, 6) is -1.24. The van der Waals surface area contributed by atoms with Crippen molar-refractivity contribution in [1.29, 1.82) is 0 Å². The van der Waals surface area contributed by atoms with E-state index in [0.29, 0.717) is 29.7 Å². The molecule has 8 heteroatoms. The molecule has 0 bridgehead atoms. The zero-order valence-corrected chi connectivity index (χ0v) is 19.7. The highest BCUT2D eigenvalue weighted by atomic mass is 19.1. The number of fused-ring (bicyclic) bond motifs is 1. The third-order valence-corrected chi connectivity index (χ3v) is 5.91. The van der Waals surface area contributed by atoms with Gasteiger partial charge in [0.15, 0.2) is 0 Å². The number of rotatable bonds is 7. The lowest BCUT2D eigenvalue weighted by atomic mass is 9.89. The van der Waals surface area contributed by atoms with E-state index in [1.807, 2.05) is 61.5 Å². The van der Waals surface area contributed by atoms with E-state index in [2.05, 4.69) is 0 Å². The van der Waals surface area contributed by atoms with Gasteiger partial charge in [-0.15, -0.1) is 5.06 Å². The second-order valence-corrected chi connectivity index (χ2v) is 8.60. The molecule has 1 heterocycles. The van der Waals surface area contributed by atoms with Crippen LogP contribution in [0.4, 0.5) is 14.9 Å². The number of hydrogen-bond donors (Lipinski definition) is 1. The molecule has 0 saturated heterocycles. The Morgan fingerprint density at radius 3 is 2.49 bits per heavy atom. The van der Waals surface area contributed by atoms with Crippen LogP contribution < -0.4 is 4.90 Å². The zero-order valence-electron chi connectivity index (χ0n) is 19.7. The molecule has 3 aromatic carbocycles. The van der Waals surface area contributed by atoms with E-state index in [-0.39, 0.29) is 25.4 Å². The summed E-state index contributed by atoms with van der Waals surface area (Å²) in [5, 5.41) is 10.7. The molecular formula is C27H27FN2O5. The molecule has 0 spiro atoms. The summed E-state index contributed by atoms with van der Waals surface area (Å²) in [6.07, 6.45) is -0.590. The van der Waals surface area contributed by atoms with E-state index in [0.717, 1.165) is 22.4 Å². The minimum absolute atomic E-state index is 0.0898. The summed E-state index contributed by atoms with van der Waals surface area (Å²) in [6, 6.07) is 17.9. The maximum Gasteiger partial charge on any atom is 0.528 e. The van der Waals surface area contributed by atoms with Gasteiger partial charge in [0, 0.05) is 31.9 Å². The van der Waals surface area contributed by atoms with Gasteiger partial charge < -0.3 is 19.6 Å². The van der Waals surface area contributed by atoms with Crippen LogP contribution >= 0.6 is 0 Å². The molecule has 0 saturated carbocycles. The van der Waals surface area contributed by atoms with Crippen LogP contribution in [0, 0.1) is 5.82 Å². The van der Waals surface area contributed by atoms with Crippen LogP contribution in [0.1, 0.15) is 22.3 Å². The molecule has 1 aliphatic rings. The Morgan fingerprint density at radius 1 is 1.00 bits per heavy atom. The van der Waals surface area contributed by atoms with Gasteiger partial charge in [0.1, 0.15) is 12.4 Å². The molecule has 0 radical (unpaired) electrons. The highest BCUT2D eigenvalue weighted by Gasteiger charge is 2.26. The molecule has 0 amide bonds. The smallest absolute Gasteiger partial charge is 0.481 e. The zero-order chi connectivity index (χ0) is 24.9. The number of anilines is 1. The van der Waals surface area contributed by atoms with Crippen molar-refractivity contribution in [2.45, 2.75) is 26.0 Å². The van der Waals surface area contributed by atoms with Gasteiger partial charge in [-0.1, -0.05) is 42.5 Å². The van der Waals surface area contributed by atoms with Gasteiger partial charge in [-0.3, -0.25) is 4.79 Å². The second kappa shape index (κ2) is 10.6. The molecule has 182 valence electrons. The van der Waals surface area contributed by atoms with E-state index in [9.17, 15) is 19.1 Å². The molecule has 0 aliphatic carbocycles.